The zero-order valence-electron chi connectivity index (χ0n) is 13.1. The van der Waals surface area contributed by atoms with Crippen molar-refractivity contribution in [3.05, 3.63) is 35.5 Å². The smallest absolute Gasteiger partial charge is 0.237 e. The minimum Gasteiger partial charge on any atom is -0.361 e. The fourth-order valence-electron chi connectivity index (χ4n) is 2.52. The van der Waals surface area contributed by atoms with E-state index < -0.39 is 6.04 Å². The fourth-order valence-corrected chi connectivity index (χ4v) is 2.52. The minimum absolute atomic E-state index is 0.0552. The van der Waals surface area contributed by atoms with Crippen LogP contribution >= 0.6 is 0 Å². The third-order valence-electron chi connectivity index (χ3n) is 4.26. The first kappa shape index (κ1) is 15.6. The number of aryl methyl sites for hydroxylation is 1. The minimum atomic E-state index is -0.416. The number of carbonyl (C=O) groups is 1. The SMILES string of the molecule is CCC(C)C(N)C(=O)NCCc1c[nH]c2c(C)cccc12. The van der Waals surface area contributed by atoms with Gasteiger partial charge in [-0.05, 0) is 30.4 Å². The molecule has 0 saturated carbocycles. The summed E-state index contributed by atoms with van der Waals surface area (Å²) in [6, 6.07) is 5.85. The van der Waals surface area contributed by atoms with Crippen molar-refractivity contribution in [2.45, 2.75) is 39.7 Å². The van der Waals surface area contributed by atoms with E-state index in [0.717, 1.165) is 12.8 Å². The second-order valence-electron chi connectivity index (χ2n) is 5.76. The average Bonchev–Trinajstić information content (AvgIpc) is 2.90. The van der Waals surface area contributed by atoms with Gasteiger partial charge in [-0.1, -0.05) is 38.5 Å². The van der Waals surface area contributed by atoms with Crippen molar-refractivity contribution in [1.82, 2.24) is 10.3 Å². The number of nitrogens with two attached hydrogens (primary N) is 1. The molecule has 0 aliphatic rings. The lowest BCUT2D eigenvalue weighted by molar-refractivity contribution is -0.123. The van der Waals surface area contributed by atoms with Crippen molar-refractivity contribution in [2.24, 2.45) is 11.7 Å². The Kier molecular flexibility index (Phi) is 5.02. The van der Waals surface area contributed by atoms with Crippen LogP contribution in [0.25, 0.3) is 10.9 Å². The lowest BCUT2D eigenvalue weighted by atomic mass is 9.99. The fraction of sp³-hybridized carbons (Fsp3) is 0.471. The molecule has 1 heterocycles. The maximum Gasteiger partial charge on any atom is 0.237 e. The molecular weight excluding hydrogens is 262 g/mol. The molecule has 0 saturated heterocycles. The first-order valence-electron chi connectivity index (χ1n) is 7.63. The molecule has 2 atom stereocenters. The molecule has 4 N–H and O–H groups in total. The van der Waals surface area contributed by atoms with E-state index in [1.165, 1.54) is 22.0 Å². The summed E-state index contributed by atoms with van der Waals surface area (Å²) >= 11 is 0. The summed E-state index contributed by atoms with van der Waals surface area (Å²) in [5.74, 6) is 0.154. The molecule has 114 valence electrons. The molecule has 2 rings (SSSR count). The van der Waals surface area contributed by atoms with Crippen LogP contribution in [0.5, 0.6) is 0 Å². The predicted molar refractivity (Wildman–Crippen MR) is 87.2 cm³/mol. The molecule has 0 radical (unpaired) electrons. The number of carbonyl (C=O) groups excluding carboxylic acids is 1. The Balaban J connectivity index is 1.94. The van der Waals surface area contributed by atoms with Crippen LogP contribution < -0.4 is 11.1 Å². The second-order valence-corrected chi connectivity index (χ2v) is 5.76. The highest BCUT2D eigenvalue weighted by Gasteiger charge is 2.18. The van der Waals surface area contributed by atoms with Crippen LogP contribution in [0.4, 0.5) is 0 Å². The molecule has 1 aromatic heterocycles. The van der Waals surface area contributed by atoms with Crippen LogP contribution in [0, 0.1) is 12.8 Å². The van der Waals surface area contributed by atoms with Crippen molar-refractivity contribution >= 4 is 16.8 Å². The second kappa shape index (κ2) is 6.76. The third-order valence-corrected chi connectivity index (χ3v) is 4.26. The monoisotopic (exact) mass is 287 g/mol. The number of nitrogens with one attached hydrogen (secondary N) is 2. The molecule has 0 fully saturated rings. The number of para-hydroxylation sites is 1. The number of H-pyrrole nitrogens is 1. The number of aromatic nitrogens is 1. The Hall–Kier alpha value is -1.81. The van der Waals surface area contributed by atoms with E-state index in [2.05, 4.69) is 35.4 Å². The van der Waals surface area contributed by atoms with E-state index >= 15 is 0 Å². The summed E-state index contributed by atoms with van der Waals surface area (Å²) in [5.41, 5.74) is 9.56. The van der Waals surface area contributed by atoms with E-state index in [1.54, 1.807) is 0 Å². The lowest BCUT2D eigenvalue weighted by Crippen LogP contribution is -2.45. The molecular formula is C17H25N3O. The molecule has 1 amide bonds. The highest BCUT2D eigenvalue weighted by atomic mass is 16.2. The van der Waals surface area contributed by atoms with Gasteiger partial charge in [-0.3, -0.25) is 4.79 Å². The number of amides is 1. The van der Waals surface area contributed by atoms with Crippen LogP contribution in [0.3, 0.4) is 0 Å². The van der Waals surface area contributed by atoms with Gasteiger partial charge in [-0.25, -0.2) is 0 Å². The van der Waals surface area contributed by atoms with Gasteiger partial charge in [0, 0.05) is 23.6 Å². The summed E-state index contributed by atoms with van der Waals surface area (Å²) in [6.45, 7) is 6.76. The zero-order chi connectivity index (χ0) is 15.4. The zero-order valence-corrected chi connectivity index (χ0v) is 13.1. The summed E-state index contributed by atoms with van der Waals surface area (Å²) < 4.78 is 0. The van der Waals surface area contributed by atoms with E-state index in [-0.39, 0.29) is 11.8 Å². The molecule has 0 bridgehead atoms. The normalized spacial score (nSPS) is 14.1. The van der Waals surface area contributed by atoms with Gasteiger partial charge in [-0.15, -0.1) is 0 Å². The van der Waals surface area contributed by atoms with Crippen molar-refractivity contribution in [3.8, 4) is 0 Å². The van der Waals surface area contributed by atoms with Crippen molar-refractivity contribution < 1.29 is 4.79 Å². The first-order valence-corrected chi connectivity index (χ1v) is 7.63. The molecule has 0 spiro atoms. The number of aromatic amines is 1. The largest absolute Gasteiger partial charge is 0.361 e. The molecule has 1 aromatic carbocycles. The third kappa shape index (κ3) is 3.45. The molecule has 4 heteroatoms. The number of fused-ring (bicyclic) bond motifs is 1. The summed E-state index contributed by atoms with van der Waals surface area (Å²) in [4.78, 5) is 15.3. The summed E-state index contributed by atoms with van der Waals surface area (Å²) in [6.07, 6.45) is 3.75. The number of hydrogen-bond donors (Lipinski definition) is 3. The average molecular weight is 287 g/mol. The van der Waals surface area contributed by atoms with Gasteiger partial charge < -0.3 is 16.0 Å². The number of rotatable bonds is 6. The van der Waals surface area contributed by atoms with Gasteiger partial charge in [0.25, 0.3) is 0 Å². The van der Waals surface area contributed by atoms with E-state index in [1.807, 2.05) is 20.0 Å². The molecule has 4 nitrogen and oxygen atoms in total. The van der Waals surface area contributed by atoms with Gasteiger partial charge >= 0.3 is 0 Å². The molecule has 0 aliphatic carbocycles. The Bertz CT molecular complexity index is 618. The topological polar surface area (TPSA) is 70.9 Å². The van der Waals surface area contributed by atoms with Gasteiger partial charge in [0.05, 0.1) is 6.04 Å². The highest BCUT2D eigenvalue weighted by Crippen LogP contribution is 2.21. The van der Waals surface area contributed by atoms with Crippen LogP contribution in [-0.4, -0.2) is 23.5 Å². The predicted octanol–water partition coefficient (Wildman–Crippen LogP) is 2.51. The molecule has 2 aromatic rings. The Morgan fingerprint density at radius 2 is 2.19 bits per heavy atom. The molecule has 0 aliphatic heterocycles. The van der Waals surface area contributed by atoms with Gasteiger partial charge in [0.1, 0.15) is 0 Å². The maximum absolute atomic E-state index is 11.9. The molecule has 21 heavy (non-hydrogen) atoms. The summed E-state index contributed by atoms with van der Waals surface area (Å²) in [7, 11) is 0. The van der Waals surface area contributed by atoms with E-state index in [4.69, 9.17) is 5.73 Å². The van der Waals surface area contributed by atoms with Crippen molar-refractivity contribution in [3.63, 3.8) is 0 Å². The number of benzene rings is 1. The van der Waals surface area contributed by atoms with Gasteiger partial charge in [0.2, 0.25) is 5.91 Å². The molecule has 2 unspecified atom stereocenters. The van der Waals surface area contributed by atoms with Crippen LogP contribution in [0.15, 0.2) is 24.4 Å². The van der Waals surface area contributed by atoms with E-state index in [9.17, 15) is 4.79 Å². The Morgan fingerprint density at radius 3 is 2.90 bits per heavy atom. The summed E-state index contributed by atoms with van der Waals surface area (Å²) in [5, 5.41) is 4.17. The van der Waals surface area contributed by atoms with Gasteiger partial charge in [0.15, 0.2) is 0 Å². The Labute approximate surface area is 126 Å². The maximum atomic E-state index is 11.9. The van der Waals surface area contributed by atoms with Crippen molar-refractivity contribution in [2.75, 3.05) is 6.54 Å². The highest BCUT2D eigenvalue weighted by molar-refractivity contribution is 5.86. The lowest BCUT2D eigenvalue weighted by Gasteiger charge is -2.17. The van der Waals surface area contributed by atoms with E-state index in [0.29, 0.717) is 6.54 Å². The van der Waals surface area contributed by atoms with Crippen molar-refractivity contribution in [1.29, 1.82) is 0 Å². The standard InChI is InChI=1S/C17H25N3O/c1-4-11(2)15(18)17(21)19-9-8-13-10-20-16-12(3)6-5-7-14(13)16/h5-7,10-11,15,20H,4,8-9,18H2,1-3H3,(H,19,21). The first-order chi connectivity index (χ1) is 10.0. The Morgan fingerprint density at radius 1 is 1.43 bits per heavy atom. The van der Waals surface area contributed by atoms with Crippen LogP contribution in [0.1, 0.15) is 31.4 Å². The number of hydrogen-bond acceptors (Lipinski definition) is 2. The van der Waals surface area contributed by atoms with Crippen LogP contribution in [0.2, 0.25) is 0 Å². The quantitative estimate of drug-likeness (QED) is 0.764. The van der Waals surface area contributed by atoms with Gasteiger partial charge in [-0.2, -0.15) is 0 Å². The van der Waals surface area contributed by atoms with Crippen LogP contribution in [-0.2, 0) is 11.2 Å².